The molecule has 0 amide bonds. The van der Waals surface area contributed by atoms with Crippen LogP contribution in [-0.4, -0.2) is 0 Å². The van der Waals surface area contributed by atoms with Gasteiger partial charge < -0.3 is 4.42 Å². The Balaban J connectivity index is 1.32. The van der Waals surface area contributed by atoms with Crippen molar-refractivity contribution in [2.45, 2.75) is 0 Å². The highest BCUT2D eigenvalue weighted by Gasteiger charge is 2.22. The zero-order valence-electron chi connectivity index (χ0n) is 35.0. The summed E-state index contributed by atoms with van der Waals surface area (Å²) >= 11 is 0. The average molecular weight is 632 g/mol. The standard InChI is InChI=1S/C48H30O/c1-2-13-31(14-3-1)32-25-27-34(28-26-32)35-16-6-7-18-37(35)45-38-19-8-10-21-40(38)46(41-22-11-9-20-39(41)45)42-23-12-24-44-47(42)43-30-29-33-15-4-5-17-36(33)48(43)49-44/h1-30H/i4D,5D,12D,15D,17D,23D,24D,29D,30D. The van der Waals surface area contributed by atoms with Crippen LogP contribution in [0.3, 0.4) is 0 Å². The van der Waals surface area contributed by atoms with Crippen molar-refractivity contribution in [3.63, 3.8) is 0 Å². The highest BCUT2D eigenvalue weighted by atomic mass is 16.3. The molecule has 0 aliphatic heterocycles. The van der Waals surface area contributed by atoms with Gasteiger partial charge in [-0.05, 0) is 83.5 Å². The fourth-order valence-corrected chi connectivity index (χ4v) is 7.27. The Kier molecular flexibility index (Phi) is 4.53. The molecule has 10 rings (SSSR count). The van der Waals surface area contributed by atoms with Crippen LogP contribution in [0.1, 0.15) is 12.3 Å². The summed E-state index contributed by atoms with van der Waals surface area (Å²) in [4.78, 5) is 0. The molecule has 9 aromatic carbocycles. The highest BCUT2D eigenvalue weighted by molar-refractivity contribution is 6.27. The molecule has 0 atom stereocenters. The maximum Gasteiger partial charge on any atom is 0.143 e. The van der Waals surface area contributed by atoms with Crippen LogP contribution in [0.5, 0.6) is 0 Å². The summed E-state index contributed by atoms with van der Waals surface area (Å²) in [6.45, 7) is 0. The number of hydrogen-bond donors (Lipinski definition) is 0. The summed E-state index contributed by atoms with van der Waals surface area (Å²) < 4.78 is 86.4. The molecule has 0 aliphatic rings. The summed E-state index contributed by atoms with van der Waals surface area (Å²) in [7, 11) is 0. The molecule has 0 saturated heterocycles. The van der Waals surface area contributed by atoms with Gasteiger partial charge in [-0.2, -0.15) is 0 Å². The lowest BCUT2D eigenvalue weighted by Crippen LogP contribution is -1.93. The molecule has 0 radical (unpaired) electrons. The first-order valence-corrected chi connectivity index (χ1v) is 16.1. The summed E-state index contributed by atoms with van der Waals surface area (Å²) in [6.07, 6.45) is 0. The largest absolute Gasteiger partial charge is 0.455 e. The van der Waals surface area contributed by atoms with Gasteiger partial charge in [-0.1, -0.05) is 170 Å². The van der Waals surface area contributed by atoms with Crippen molar-refractivity contribution in [2.24, 2.45) is 0 Å². The zero-order chi connectivity index (χ0) is 40.1. The lowest BCUT2D eigenvalue weighted by atomic mass is 9.83. The quantitative estimate of drug-likeness (QED) is 0.176. The van der Waals surface area contributed by atoms with E-state index in [1.54, 1.807) is 0 Å². The minimum absolute atomic E-state index is 0.0519. The van der Waals surface area contributed by atoms with Gasteiger partial charge in [-0.25, -0.2) is 0 Å². The van der Waals surface area contributed by atoms with Crippen LogP contribution in [0.2, 0.25) is 0 Å². The van der Waals surface area contributed by atoms with Crippen LogP contribution < -0.4 is 0 Å². The smallest absolute Gasteiger partial charge is 0.143 e. The third-order valence-corrected chi connectivity index (χ3v) is 9.43. The Morgan fingerprint density at radius 3 is 1.65 bits per heavy atom. The molecule has 1 heterocycles. The molecule has 1 heteroatoms. The molecule has 1 aromatic heterocycles. The van der Waals surface area contributed by atoms with Gasteiger partial charge in [0.05, 0.1) is 12.3 Å². The molecule has 0 aliphatic carbocycles. The molecular weight excluding hydrogens is 593 g/mol. The average Bonchev–Trinajstić information content (AvgIpc) is 3.66. The first-order valence-electron chi connectivity index (χ1n) is 20.6. The Morgan fingerprint density at radius 1 is 0.367 bits per heavy atom. The van der Waals surface area contributed by atoms with Crippen molar-refractivity contribution >= 4 is 54.3 Å². The van der Waals surface area contributed by atoms with Crippen molar-refractivity contribution < 1.29 is 16.8 Å². The molecule has 10 aromatic rings. The van der Waals surface area contributed by atoms with E-state index in [1.165, 1.54) is 0 Å². The molecule has 1 nitrogen and oxygen atoms in total. The molecule has 49 heavy (non-hydrogen) atoms. The molecule has 0 unspecified atom stereocenters. The number of rotatable bonds is 4. The van der Waals surface area contributed by atoms with E-state index in [-0.39, 0.29) is 50.4 Å². The normalized spacial score (nSPS) is 14.2. The fourth-order valence-electron chi connectivity index (χ4n) is 7.27. The van der Waals surface area contributed by atoms with Crippen LogP contribution in [0, 0.1) is 0 Å². The second-order valence-corrected chi connectivity index (χ2v) is 12.1. The van der Waals surface area contributed by atoms with Gasteiger partial charge >= 0.3 is 0 Å². The Hall–Kier alpha value is -6.44. The Morgan fingerprint density at radius 2 is 0.939 bits per heavy atom. The first-order chi connectivity index (χ1) is 28.1. The maximum absolute atomic E-state index is 9.51. The van der Waals surface area contributed by atoms with Gasteiger partial charge in [-0.15, -0.1) is 0 Å². The minimum atomic E-state index is -0.534. The van der Waals surface area contributed by atoms with Crippen molar-refractivity contribution in [2.75, 3.05) is 0 Å². The second-order valence-electron chi connectivity index (χ2n) is 12.1. The Labute approximate surface area is 297 Å². The fraction of sp³-hybridized carbons (Fsp3) is 0. The van der Waals surface area contributed by atoms with E-state index < -0.39 is 42.3 Å². The highest BCUT2D eigenvalue weighted by Crippen LogP contribution is 2.48. The molecular formula is C48H30O. The minimum Gasteiger partial charge on any atom is -0.455 e. The van der Waals surface area contributed by atoms with Gasteiger partial charge in [0.15, 0.2) is 0 Å². The SMILES string of the molecule is [2H]c1c([2H])c(-c2c3ccccc3c(-c3ccccc3-c3ccc(-c4ccccc4)cc3)c3ccccc23)c2c(oc3c4c([2H])c([2H])c([2H])c([2H])c4c([2H])c([2H])c32)c1[2H]. The van der Waals surface area contributed by atoms with E-state index in [9.17, 15) is 2.74 Å². The topological polar surface area (TPSA) is 13.1 Å². The van der Waals surface area contributed by atoms with Gasteiger partial charge in [0.2, 0.25) is 0 Å². The van der Waals surface area contributed by atoms with Gasteiger partial charge in [0.1, 0.15) is 11.2 Å². The molecule has 0 bridgehead atoms. The predicted molar refractivity (Wildman–Crippen MR) is 208 cm³/mol. The van der Waals surface area contributed by atoms with Gasteiger partial charge in [0.25, 0.3) is 0 Å². The number of benzene rings is 9. The maximum atomic E-state index is 9.51. The molecule has 0 fully saturated rings. The number of hydrogen-bond acceptors (Lipinski definition) is 1. The van der Waals surface area contributed by atoms with E-state index in [4.69, 9.17) is 14.0 Å². The van der Waals surface area contributed by atoms with E-state index >= 15 is 0 Å². The lowest BCUT2D eigenvalue weighted by Gasteiger charge is -2.20. The summed E-state index contributed by atoms with van der Waals surface area (Å²) in [5, 5.41) is 3.24. The van der Waals surface area contributed by atoms with Crippen molar-refractivity contribution in [1.82, 2.24) is 0 Å². The van der Waals surface area contributed by atoms with Crippen LogP contribution in [0.15, 0.2) is 186 Å². The summed E-state index contributed by atoms with van der Waals surface area (Å²) in [6, 6.07) is 39.0. The van der Waals surface area contributed by atoms with Crippen LogP contribution in [0.25, 0.3) is 98.8 Å². The van der Waals surface area contributed by atoms with E-state index in [2.05, 4.69) is 48.5 Å². The van der Waals surface area contributed by atoms with Gasteiger partial charge in [0, 0.05) is 16.2 Å². The third-order valence-electron chi connectivity index (χ3n) is 9.43. The number of furan rings is 1. The van der Waals surface area contributed by atoms with E-state index in [0.29, 0.717) is 5.56 Å². The summed E-state index contributed by atoms with van der Waals surface area (Å²) in [5.74, 6) is 0. The molecule has 0 N–H and O–H groups in total. The van der Waals surface area contributed by atoms with Crippen LogP contribution >= 0.6 is 0 Å². The van der Waals surface area contributed by atoms with Crippen LogP contribution in [0.4, 0.5) is 0 Å². The Bertz CT molecular complexity index is 3320. The number of fused-ring (bicyclic) bond motifs is 7. The lowest BCUT2D eigenvalue weighted by molar-refractivity contribution is 0.673. The predicted octanol–water partition coefficient (Wildman–Crippen LogP) is 13.7. The zero-order valence-corrected chi connectivity index (χ0v) is 26.0. The van der Waals surface area contributed by atoms with E-state index in [0.717, 1.165) is 54.9 Å². The third kappa shape index (κ3) is 4.33. The van der Waals surface area contributed by atoms with Crippen molar-refractivity contribution in [3.05, 3.63) is 182 Å². The van der Waals surface area contributed by atoms with E-state index in [1.807, 2.05) is 78.9 Å². The summed E-state index contributed by atoms with van der Waals surface area (Å²) in [5.41, 5.74) is 6.92. The van der Waals surface area contributed by atoms with Crippen molar-refractivity contribution in [3.8, 4) is 44.5 Å². The van der Waals surface area contributed by atoms with Crippen LogP contribution in [-0.2, 0) is 0 Å². The van der Waals surface area contributed by atoms with Crippen molar-refractivity contribution in [1.29, 1.82) is 0 Å². The second kappa shape index (κ2) is 11.1. The molecule has 228 valence electrons. The first kappa shape index (κ1) is 20.0. The van der Waals surface area contributed by atoms with Gasteiger partial charge in [-0.3, -0.25) is 0 Å². The molecule has 0 saturated carbocycles. The monoisotopic (exact) mass is 631 g/mol. The molecule has 0 spiro atoms.